The number of benzene rings is 1. The van der Waals surface area contributed by atoms with Gasteiger partial charge in [0.2, 0.25) is 0 Å². The molecule has 3 heterocycles. The molecule has 0 fully saturated rings. The molecule has 1 N–H and O–H groups in total. The van der Waals surface area contributed by atoms with E-state index in [1.807, 2.05) is 6.92 Å². The first-order valence-electron chi connectivity index (χ1n) is 9.66. The van der Waals surface area contributed by atoms with E-state index in [0.29, 0.717) is 11.2 Å². The highest BCUT2D eigenvalue weighted by molar-refractivity contribution is 7.92. The lowest BCUT2D eigenvalue weighted by atomic mass is 10.2. The third-order valence-electron chi connectivity index (χ3n) is 4.13. The maximum Gasteiger partial charge on any atom is 0.263 e. The van der Waals surface area contributed by atoms with Crippen LogP contribution < -0.4 is 9.46 Å². The van der Waals surface area contributed by atoms with Gasteiger partial charge in [-0.25, -0.2) is 18.1 Å². The van der Waals surface area contributed by atoms with E-state index >= 15 is 0 Å². The smallest absolute Gasteiger partial charge is 0.263 e. The SMILES string of the molecule is [2H]C([2H])([2H])n1ncc2ccc(OC)c(NS(=O)(=O)c3ccc(-n4cc(C)cn4)nc3)c21. The first-order chi connectivity index (χ1) is 14.6. The van der Waals surface area contributed by atoms with Crippen LogP contribution in [0.3, 0.4) is 0 Å². The number of sulfonamides is 1. The second kappa shape index (κ2) is 6.64. The number of hydrogen-bond donors (Lipinski definition) is 1. The van der Waals surface area contributed by atoms with Crippen molar-refractivity contribution in [1.82, 2.24) is 24.5 Å². The summed E-state index contributed by atoms with van der Waals surface area (Å²) in [5.74, 6) is 0.603. The van der Waals surface area contributed by atoms with Gasteiger partial charge in [-0.05, 0) is 36.8 Å². The summed E-state index contributed by atoms with van der Waals surface area (Å²) in [6.45, 7) is -0.733. The molecule has 10 heteroatoms. The monoisotopic (exact) mass is 401 g/mol. The van der Waals surface area contributed by atoms with Crippen molar-refractivity contribution in [3.63, 3.8) is 0 Å². The summed E-state index contributed by atoms with van der Waals surface area (Å²) in [5.41, 5.74) is 0.992. The number of fused-ring (bicyclic) bond motifs is 1. The Morgan fingerprint density at radius 1 is 1.14 bits per heavy atom. The molecule has 0 spiro atoms. The highest BCUT2D eigenvalue weighted by atomic mass is 32.2. The molecule has 0 saturated carbocycles. The van der Waals surface area contributed by atoms with E-state index in [1.165, 1.54) is 42.4 Å². The molecule has 4 aromatic rings. The van der Waals surface area contributed by atoms with Crippen LogP contribution in [0.4, 0.5) is 5.69 Å². The molecular formula is C18H18N6O3S. The van der Waals surface area contributed by atoms with Crippen molar-refractivity contribution in [2.45, 2.75) is 11.8 Å². The number of rotatable bonds is 5. The fourth-order valence-corrected chi connectivity index (χ4v) is 3.79. The van der Waals surface area contributed by atoms with Crippen molar-refractivity contribution < 1.29 is 17.3 Å². The molecule has 4 rings (SSSR count). The minimum Gasteiger partial charge on any atom is -0.494 e. The van der Waals surface area contributed by atoms with Crippen LogP contribution in [-0.2, 0) is 17.0 Å². The van der Waals surface area contributed by atoms with Crippen LogP contribution in [0.15, 0.2) is 53.9 Å². The summed E-state index contributed by atoms with van der Waals surface area (Å²) in [6.07, 6.45) is 5.97. The van der Waals surface area contributed by atoms with Gasteiger partial charge in [-0.3, -0.25) is 9.40 Å². The molecule has 9 nitrogen and oxygen atoms in total. The quantitative estimate of drug-likeness (QED) is 0.550. The van der Waals surface area contributed by atoms with Crippen LogP contribution >= 0.6 is 0 Å². The summed E-state index contributed by atoms with van der Waals surface area (Å²) in [6, 6.07) is 6.04. The van der Waals surface area contributed by atoms with Crippen LogP contribution in [0.2, 0.25) is 0 Å². The van der Waals surface area contributed by atoms with Gasteiger partial charge in [-0.15, -0.1) is 0 Å². The largest absolute Gasteiger partial charge is 0.494 e. The Morgan fingerprint density at radius 3 is 2.64 bits per heavy atom. The maximum atomic E-state index is 13.0. The number of nitrogens with zero attached hydrogens (tertiary/aromatic N) is 5. The molecule has 0 amide bonds. The average Bonchev–Trinajstić information content (AvgIpc) is 3.34. The predicted molar refractivity (Wildman–Crippen MR) is 104 cm³/mol. The molecular weight excluding hydrogens is 380 g/mol. The van der Waals surface area contributed by atoms with Crippen molar-refractivity contribution in [3.05, 3.63) is 54.6 Å². The normalized spacial score (nSPS) is 13.7. The Labute approximate surface area is 165 Å². The minimum atomic E-state index is -4.12. The fraction of sp³-hybridized carbons (Fsp3) is 0.167. The topological polar surface area (TPSA) is 104 Å². The zero-order valence-electron chi connectivity index (χ0n) is 18.0. The average molecular weight is 401 g/mol. The highest BCUT2D eigenvalue weighted by Crippen LogP contribution is 2.34. The molecule has 144 valence electrons. The molecule has 0 bridgehead atoms. The number of methoxy groups -OCH3 is 1. The van der Waals surface area contributed by atoms with E-state index in [2.05, 4.69) is 19.9 Å². The number of aromatic nitrogens is 5. The van der Waals surface area contributed by atoms with Gasteiger partial charge in [-0.2, -0.15) is 10.2 Å². The Hall–Kier alpha value is -3.40. The van der Waals surface area contributed by atoms with Gasteiger partial charge in [0.05, 0.1) is 25.0 Å². The molecule has 0 saturated heterocycles. The van der Waals surface area contributed by atoms with Crippen molar-refractivity contribution >= 4 is 26.6 Å². The molecule has 0 atom stereocenters. The first-order valence-corrected chi connectivity index (χ1v) is 9.64. The standard InChI is InChI=1S/C18H18N6O3S/c1-12-8-21-24(11-12)16-7-5-14(10-19-16)28(25,26)22-17-15(27-3)6-4-13-9-20-23(2)18(13)17/h4-11,22H,1-3H3/i2D3. The third-order valence-corrected chi connectivity index (χ3v) is 5.46. The molecule has 0 aliphatic carbocycles. The molecule has 0 radical (unpaired) electrons. The maximum absolute atomic E-state index is 13.0. The minimum absolute atomic E-state index is 0.0274. The highest BCUT2D eigenvalue weighted by Gasteiger charge is 2.21. The van der Waals surface area contributed by atoms with E-state index in [4.69, 9.17) is 8.85 Å². The van der Waals surface area contributed by atoms with Crippen molar-refractivity contribution in [1.29, 1.82) is 0 Å². The van der Waals surface area contributed by atoms with Gasteiger partial charge in [0, 0.05) is 28.9 Å². The van der Waals surface area contributed by atoms with Crippen LogP contribution in [0.5, 0.6) is 5.75 Å². The Bertz CT molecular complexity index is 1360. The number of pyridine rings is 1. The predicted octanol–water partition coefficient (Wildman–Crippen LogP) is 2.27. The zero-order chi connectivity index (χ0) is 22.4. The second-order valence-electron chi connectivity index (χ2n) is 6.06. The van der Waals surface area contributed by atoms with Crippen molar-refractivity contribution in [2.75, 3.05) is 11.8 Å². The number of hydrogen-bond acceptors (Lipinski definition) is 6. The molecule has 3 aromatic heterocycles. The lowest BCUT2D eigenvalue weighted by Gasteiger charge is -2.14. The Morgan fingerprint density at radius 2 is 2.00 bits per heavy atom. The summed E-state index contributed by atoms with van der Waals surface area (Å²) in [5, 5.41) is 8.47. The van der Waals surface area contributed by atoms with Gasteiger partial charge in [-0.1, -0.05) is 0 Å². The summed E-state index contributed by atoms with van der Waals surface area (Å²) in [4.78, 5) is 4.05. The number of ether oxygens (including phenoxy) is 1. The fourth-order valence-electron chi connectivity index (χ4n) is 2.77. The lowest BCUT2D eigenvalue weighted by molar-refractivity contribution is 0.417. The van der Waals surface area contributed by atoms with Gasteiger partial charge < -0.3 is 4.74 Å². The first kappa shape index (κ1) is 14.6. The lowest BCUT2D eigenvalue weighted by Crippen LogP contribution is -2.15. The van der Waals surface area contributed by atoms with Crippen LogP contribution in [0.1, 0.15) is 9.68 Å². The van der Waals surface area contributed by atoms with E-state index in [9.17, 15) is 8.42 Å². The number of nitrogens with one attached hydrogen (secondary N) is 1. The van der Waals surface area contributed by atoms with Gasteiger partial charge in [0.1, 0.15) is 16.3 Å². The van der Waals surface area contributed by atoms with Crippen LogP contribution in [0.25, 0.3) is 16.7 Å². The summed E-state index contributed by atoms with van der Waals surface area (Å²) >= 11 is 0. The molecule has 28 heavy (non-hydrogen) atoms. The third kappa shape index (κ3) is 3.07. The van der Waals surface area contributed by atoms with Crippen LogP contribution in [0, 0.1) is 6.92 Å². The van der Waals surface area contributed by atoms with Crippen LogP contribution in [-0.4, -0.2) is 40.1 Å². The zero-order valence-corrected chi connectivity index (χ0v) is 15.8. The van der Waals surface area contributed by atoms with Crippen molar-refractivity contribution in [2.24, 2.45) is 6.98 Å². The van der Waals surface area contributed by atoms with Gasteiger partial charge in [0.25, 0.3) is 10.0 Å². The number of anilines is 1. The molecule has 0 aliphatic heterocycles. The van der Waals surface area contributed by atoms with Gasteiger partial charge >= 0.3 is 0 Å². The van der Waals surface area contributed by atoms with Gasteiger partial charge in [0.15, 0.2) is 5.82 Å². The van der Waals surface area contributed by atoms with E-state index < -0.39 is 17.0 Å². The Balaban J connectivity index is 1.76. The number of aryl methyl sites for hydroxylation is 2. The van der Waals surface area contributed by atoms with E-state index in [1.54, 1.807) is 18.5 Å². The molecule has 1 aromatic carbocycles. The summed E-state index contributed by atoms with van der Waals surface area (Å²) in [7, 11) is -2.76. The molecule has 0 aliphatic rings. The van der Waals surface area contributed by atoms with E-state index in [0.717, 1.165) is 10.2 Å². The Kier molecular flexibility index (Phi) is 3.47. The van der Waals surface area contributed by atoms with Crippen molar-refractivity contribution in [3.8, 4) is 11.6 Å². The van der Waals surface area contributed by atoms with E-state index in [-0.39, 0.29) is 21.8 Å². The second-order valence-corrected chi connectivity index (χ2v) is 7.74. The molecule has 0 unspecified atom stereocenters. The summed E-state index contributed by atoms with van der Waals surface area (Å²) < 4.78 is 59.2.